The molecule has 0 amide bonds. The number of benzene rings is 2. The van der Waals surface area contributed by atoms with Crippen LogP contribution in [0.1, 0.15) is 35.2 Å². The predicted octanol–water partition coefficient (Wildman–Crippen LogP) is 5.24. The van der Waals surface area contributed by atoms with E-state index in [9.17, 15) is 26.7 Å². The smallest absolute Gasteiger partial charge is 0.200 e. The van der Waals surface area contributed by atoms with E-state index in [0.29, 0.717) is 5.56 Å². The summed E-state index contributed by atoms with van der Waals surface area (Å²) in [6.45, 7) is 1.64. The van der Waals surface area contributed by atoms with Gasteiger partial charge in [-0.05, 0) is 17.5 Å². The number of halogens is 5. The van der Waals surface area contributed by atoms with Gasteiger partial charge in [-0.3, -0.25) is 4.79 Å². The number of rotatable bonds is 4. The lowest BCUT2D eigenvalue weighted by Crippen LogP contribution is -2.14. The van der Waals surface area contributed by atoms with Gasteiger partial charge < -0.3 is 4.98 Å². The van der Waals surface area contributed by atoms with E-state index in [0.717, 1.165) is 10.9 Å². The molecule has 3 aromatic rings. The molecule has 1 aromatic heterocycles. The molecule has 3 rings (SSSR count). The molecule has 0 radical (unpaired) electrons. The second kappa shape index (κ2) is 6.31. The molecular formula is C18H12F5NO. The van der Waals surface area contributed by atoms with Crippen LogP contribution >= 0.6 is 0 Å². The van der Waals surface area contributed by atoms with Crippen LogP contribution in [0, 0.1) is 29.1 Å². The van der Waals surface area contributed by atoms with E-state index in [1.165, 1.54) is 0 Å². The number of fused-ring (bicyclic) bond motifs is 1. The zero-order valence-electron chi connectivity index (χ0n) is 13.0. The van der Waals surface area contributed by atoms with Crippen LogP contribution in [0.25, 0.3) is 10.9 Å². The van der Waals surface area contributed by atoms with Crippen molar-refractivity contribution in [2.45, 2.75) is 19.3 Å². The van der Waals surface area contributed by atoms with E-state index in [1.54, 1.807) is 25.3 Å². The number of Topliss-reactive ketones (excluding diaryl/α,β-unsaturated/α-hetero) is 1. The summed E-state index contributed by atoms with van der Waals surface area (Å²) >= 11 is 0. The number of hydrogen-bond donors (Lipinski definition) is 1. The Kier molecular flexibility index (Phi) is 4.32. The maximum Gasteiger partial charge on any atom is 0.200 e. The molecule has 0 fully saturated rings. The number of aromatic amines is 1. The standard InChI is InChI=1S/C18H12F5NO/c1-8(10-7-24-11-5-3-2-4-9(10)11)6-12(25)13-14(19)16(21)18(23)17(22)15(13)20/h2-5,7-8,24H,6H2,1H3/t8-/m1/s1. The van der Waals surface area contributed by atoms with Crippen LogP contribution in [0.4, 0.5) is 22.0 Å². The number of H-pyrrole nitrogens is 1. The van der Waals surface area contributed by atoms with Crippen LogP contribution in [0.15, 0.2) is 30.5 Å². The largest absolute Gasteiger partial charge is 0.361 e. The molecule has 0 unspecified atom stereocenters. The summed E-state index contributed by atoms with van der Waals surface area (Å²) in [5, 5.41) is 0.820. The summed E-state index contributed by atoms with van der Waals surface area (Å²) in [7, 11) is 0. The van der Waals surface area contributed by atoms with Gasteiger partial charge in [0.2, 0.25) is 5.82 Å². The van der Waals surface area contributed by atoms with Gasteiger partial charge >= 0.3 is 0 Å². The highest BCUT2D eigenvalue weighted by atomic mass is 19.2. The number of carbonyl (C=O) groups is 1. The summed E-state index contributed by atoms with van der Waals surface area (Å²) in [6, 6.07) is 7.23. The van der Waals surface area contributed by atoms with Crippen molar-refractivity contribution in [3.63, 3.8) is 0 Å². The van der Waals surface area contributed by atoms with Crippen molar-refractivity contribution in [1.29, 1.82) is 0 Å². The van der Waals surface area contributed by atoms with Gasteiger partial charge in [0.05, 0.1) is 5.56 Å². The number of aromatic nitrogens is 1. The molecule has 130 valence electrons. The minimum absolute atomic E-state index is 0.403. The van der Waals surface area contributed by atoms with E-state index >= 15 is 0 Å². The predicted molar refractivity (Wildman–Crippen MR) is 81.9 cm³/mol. The fourth-order valence-corrected chi connectivity index (χ4v) is 2.84. The van der Waals surface area contributed by atoms with Gasteiger partial charge in [0.25, 0.3) is 0 Å². The zero-order valence-corrected chi connectivity index (χ0v) is 13.0. The highest BCUT2D eigenvalue weighted by molar-refractivity contribution is 5.97. The Morgan fingerprint density at radius 2 is 1.52 bits per heavy atom. The average molecular weight is 353 g/mol. The summed E-state index contributed by atoms with van der Waals surface area (Å²) in [5.41, 5.74) is 0.129. The van der Waals surface area contributed by atoms with Gasteiger partial charge in [-0.1, -0.05) is 25.1 Å². The molecule has 0 aliphatic carbocycles. The molecule has 1 heterocycles. The van der Waals surface area contributed by atoms with Crippen molar-refractivity contribution < 1.29 is 26.7 Å². The quantitative estimate of drug-likeness (QED) is 0.296. The van der Waals surface area contributed by atoms with E-state index in [-0.39, 0.29) is 0 Å². The number of hydrogen-bond acceptors (Lipinski definition) is 1. The number of para-hydroxylation sites is 1. The summed E-state index contributed by atoms with van der Waals surface area (Å²) < 4.78 is 67.1. The van der Waals surface area contributed by atoms with E-state index in [4.69, 9.17) is 0 Å². The Bertz CT molecular complexity index is 950. The van der Waals surface area contributed by atoms with Crippen LogP contribution in [0.3, 0.4) is 0 Å². The first kappa shape index (κ1) is 17.1. The zero-order chi connectivity index (χ0) is 18.3. The average Bonchev–Trinajstić information content (AvgIpc) is 3.02. The van der Waals surface area contributed by atoms with Crippen molar-refractivity contribution in [3.8, 4) is 0 Å². The Morgan fingerprint density at radius 3 is 2.16 bits per heavy atom. The van der Waals surface area contributed by atoms with Crippen molar-refractivity contribution in [3.05, 3.63) is 70.7 Å². The second-order valence-corrected chi connectivity index (χ2v) is 5.76. The third kappa shape index (κ3) is 2.79. The van der Waals surface area contributed by atoms with Crippen LogP contribution < -0.4 is 0 Å². The van der Waals surface area contributed by atoms with Crippen LogP contribution in [0.5, 0.6) is 0 Å². The Morgan fingerprint density at radius 1 is 0.960 bits per heavy atom. The number of nitrogens with one attached hydrogen (secondary N) is 1. The fraction of sp³-hybridized carbons (Fsp3) is 0.167. The highest BCUT2D eigenvalue weighted by Gasteiger charge is 2.30. The monoisotopic (exact) mass is 353 g/mol. The Hall–Kier alpha value is -2.70. The highest BCUT2D eigenvalue weighted by Crippen LogP contribution is 2.30. The van der Waals surface area contributed by atoms with E-state index in [2.05, 4.69) is 4.98 Å². The molecule has 25 heavy (non-hydrogen) atoms. The van der Waals surface area contributed by atoms with Crippen molar-refractivity contribution >= 4 is 16.7 Å². The number of carbonyl (C=O) groups excluding carboxylic acids is 1. The minimum Gasteiger partial charge on any atom is -0.361 e. The third-order valence-corrected chi connectivity index (χ3v) is 4.13. The molecule has 0 bridgehead atoms. The molecular weight excluding hydrogens is 341 g/mol. The first-order chi connectivity index (χ1) is 11.8. The normalized spacial score (nSPS) is 12.6. The molecule has 0 aliphatic rings. The van der Waals surface area contributed by atoms with Crippen molar-refractivity contribution in [1.82, 2.24) is 4.98 Å². The number of ketones is 1. The lowest BCUT2D eigenvalue weighted by atomic mass is 9.92. The van der Waals surface area contributed by atoms with Crippen molar-refractivity contribution in [2.24, 2.45) is 0 Å². The van der Waals surface area contributed by atoms with Gasteiger partial charge in [0.1, 0.15) is 0 Å². The van der Waals surface area contributed by atoms with Crippen LogP contribution in [-0.2, 0) is 0 Å². The molecule has 0 saturated carbocycles. The topological polar surface area (TPSA) is 32.9 Å². The molecule has 2 aromatic carbocycles. The van der Waals surface area contributed by atoms with Crippen LogP contribution in [0.2, 0.25) is 0 Å². The summed E-state index contributed by atoms with van der Waals surface area (Å²) in [5.74, 6) is -12.4. The first-order valence-electron chi connectivity index (χ1n) is 7.43. The summed E-state index contributed by atoms with van der Waals surface area (Å²) in [4.78, 5) is 15.2. The molecule has 1 atom stereocenters. The minimum atomic E-state index is -2.28. The molecule has 7 heteroatoms. The molecule has 0 spiro atoms. The molecule has 2 nitrogen and oxygen atoms in total. The second-order valence-electron chi connectivity index (χ2n) is 5.76. The lowest BCUT2D eigenvalue weighted by Gasteiger charge is -2.12. The van der Waals surface area contributed by atoms with Gasteiger partial charge in [-0.15, -0.1) is 0 Å². The Balaban J connectivity index is 1.95. The SMILES string of the molecule is C[C@H](CC(=O)c1c(F)c(F)c(F)c(F)c1F)c1c[nH]c2ccccc12. The fourth-order valence-electron chi connectivity index (χ4n) is 2.84. The molecule has 1 N–H and O–H groups in total. The third-order valence-electron chi connectivity index (χ3n) is 4.13. The van der Waals surface area contributed by atoms with Gasteiger partial charge in [-0.25, -0.2) is 22.0 Å². The van der Waals surface area contributed by atoms with Gasteiger partial charge in [0, 0.05) is 23.5 Å². The maximum atomic E-state index is 13.8. The first-order valence-corrected chi connectivity index (χ1v) is 7.43. The maximum absolute atomic E-state index is 13.8. The lowest BCUT2D eigenvalue weighted by molar-refractivity contribution is 0.0964. The molecule has 0 aliphatic heterocycles. The van der Waals surface area contributed by atoms with Gasteiger partial charge in [0.15, 0.2) is 29.1 Å². The van der Waals surface area contributed by atoms with Crippen molar-refractivity contribution in [2.75, 3.05) is 0 Å². The van der Waals surface area contributed by atoms with Crippen LogP contribution in [-0.4, -0.2) is 10.8 Å². The molecule has 0 saturated heterocycles. The Labute approximate surface area is 139 Å². The van der Waals surface area contributed by atoms with E-state index < -0.39 is 52.8 Å². The van der Waals surface area contributed by atoms with E-state index in [1.807, 2.05) is 12.1 Å². The summed E-state index contributed by atoms with van der Waals surface area (Å²) in [6.07, 6.45) is 1.25. The van der Waals surface area contributed by atoms with Gasteiger partial charge in [-0.2, -0.15) is 0 Å².